The Morgan fingerprint density at radius 1 is 1.44 bits per heavy atom. The quantitative estimate of drug-likeness (QED) is 0.823. The van der Waals surface area contributed by atoms with Crippen molar-refractivity contribution in [3.63, 3.8) is 0 Å². The van der Waals surface area contributed by atoms with Crippen molar-refractivity contribution in [3.8, 4) is 0 Å². The number of anilines is 1. The highest BCUT2D eigenvalue weighted by atomic mass is 35.5. The Balaban J connectivity index is 2.76. The third-order valence-corrected chi connectivity index (χ3v) is 2.77. The van der Waals surface area contributed by atoms with Crippen molar-refractivity contribution < 1.29 is 0 Å². The number of hydrogen-bond acceptors (Lipinski definition) is 3. The monoisotopic (exact) mass is 241 g/mol. The van der Waals surface area contributed by atoms with E-state index >= 15 is 0 Å². The number of nitrogens with zero attached hydrogens (tertiary/aromatic N) is 2. The van der Waals surface area contributed by atoms with Gasteiger partial charge in [0.2, 0.25) is 0 Å². The molecule has 1 aromatic rings. The molecule has 16 heavy (non-hydrogen) atoms. The molecule has 0 saturated heterocycles. The van der Waals surface area contributed by atoms with Crippen LogP contribution in [-0.2, 0) is 0 Å². The number of nitrogens with one attached hydrogen (secondary N) is 1. The lowest BCUT2D eigenvalue weighted by Gasteiger charge is -2.31. The average molecular weight is 242 g/mol. The first-order valence-electron chi connectivity index (χ1n) is 5.55. The Bertz CT molecular complexity index is 333. The molecular weight excluding hydrogens is 222 g/mol. The fraction of sp³-hybridized carbons (Fsp3) is 0.667. The second kappa shape index (κ2) is 5.48. The standard InChI is InChI=1S/C12H20ClN3/c1-9-7-11(16-14-8-9)15-10(5-6-13)12(2,3)4/h7-8,10H,5-6H2,1-4H3,(H,15,16). The van der Waals surface area contributed by atoms with Crippen LogP contribution in [0.1, 0.15) is 32.8 Å². The highest BCUT2D eigenvalue weighted by molar-refractivity contribution is 6.17. The van der Waals surface area contributed by atoms with Gasteiger partial charge in [-0.25, -0.2) is 0 Å². The minimum absolute atomic E-state index is 0.153. The van der Waals surface area contributed by atoms with Crippen molar-refractivity contribution in [2.75, 3.05) is 11.2 Å². The topological polar surface area (TPSA) is 37.8 Å². The maximum atomic E-state index is 5.82. The Morgan fingerprint density at radius 2 is 2.12 bits per heavy atom. The molecule has 3 nitrogen and oxygen atoms in total. The number of aromatic nitrogens is 2. The van der Waals surface area contributed by atoms with Gasteiger partial charge in [0.25, 0.3) is 0 Å². The molecule has 0 fully saturated rings. The van der Waals surface area contributed by atoms with Crippen molar-refractivity contribution in [2.24, 2.45) is 5.41 Å². The lowest BCUT2D eigenvalue weighted by molar-refractivity contribution is 0.334. The Kier molecular flexibility index (Phi) is 4.54. The van der Waals surface area contributed by atoms with Gasteiger partial charge in [0, 0.05) is 11.9 Å². The van der Waals surface area contributed by atoms with Crippen LogP contribution in [0.5, 0.6) is 0 Å². The molecule has 0 aliphatic heterocycles. The largest absolute Gasteiger partial charge is 0.365 e. The van der Waals surface area contributed by atoms with Crippen LogP contribution in [0.4, 0.5) is 5.82 Å². The van der Waals surface area contributed by atoms with Gasteiger partial charge in [0.05, 0.1) is 6.20 Å². The van der Waals surface area contributed by atoms with Crippen LogP contribution in [0.3, 0.4) is 0 Å². The van der Waals surface area contributed by atoms with Crippen molar-refractivity contribution in [3.05, 3.63) is 17.8 Å². The van der Waals surface area contributed by atoms with E-state index in [-0.39, 0.29) is 5.41 Å². The second-order valence-electron chi connectivity index (χ2n) is 5.16. The fourth-order valence-corrected chi connectivity index (χ4v) is 1.76. The fourth-order valence-electron chi connectivity index (χ4n) is 1.54. The zero-order valence-electron chi connectivity index (χ0n) is 10.4. The minimum atomic E-state index is 0.153. The van der Waals surface area contributed by atoms with Crippen LogP contribution in [0.15, 0.2) is 12.3 Å². The van der Waals surface area contributed by atoms with E-state index in [1.54, 1.807) is 6.20 Å². The molecule has 0 spiro atoms. The van der Waals surface area contributed by atoms with E-state index in [4.69, 9.17) is 11.6 Å². The van der Waals surface area contributed by atoms with Crippen LogP contribution in [-0.4, -0.2) is 22.1 Å². The molecule has 90 valence electrons. The lowest BCUT2D eigenvalue weighted by Crippen LogP contribution is -2.34. The summed E-state index contributed by atoms with van der Waals surface area (Å²) in [4.78, 5) is 0. The molecule has 4 heteroatoms. The van der Waals surface area contributed by atoms with Gasteiger partial charge in [-0.05, 0) is 30.4 Å². The molecule has 0 aromatic carbocycles. The van der Waals surface area contributed by atoms with Crippen LogP contribution in [0.2, 0.25) is 0 Å². The van der Waals surface area contributed by atoms with Crippen LogP contribution >= 0.6 is 11.6 Å². The molecule has 0 amide bonds. The third-order valence-electron chi connectivity index (χ3n) is 2.56. The second-order valence-corrected chi connectivity index (χ2v) is 5.54. The molecule has 1 atom stereocenters. The van der Waals surface area contributed by atoms with Crippen molar-refractivity contribution in [1.29, 1.82) is 0 Å². The first-order valence-corrected chi connectivity index (χ1v) is 6.09. The number of alkyl halides is 1. The van der Waals surface area contributed by atoms with Crippen molar-refractivity contribution in [1.82, 2.24) is 10.2 Å². The molecule has 0 saturated carbocycles. The smallest absolute Gasteiger partial charge is 0.149 e. The number of rotatable bonds is 4. The van der Waals surface area contributed by atoms with Gasteiger partial charge < -0.3 is 5.32 Å². The van der Waals surface area contributed by atoms with Gasteiger partial charge >= 0.3 is 0 Å². The molecule has 0 bridgehead atoms. The highest BCUT2D eigenvalue weighted by Crippen LogP contribution is 2.25. The van der Waals surface area contributed by atoms with Gasteiger partial charge in [-0.3, -0.25) is 0 Å². The predicted octanol–water partition coefficient (Wildman–Crippen LogP) is 3.24. The van der Waals surface area contributed by atoms with Gasteiger partial charge in [-0.15, -0.1) is 16.7 Å². The van der Waals surface area contributed by atoms with E-state index in [1.165, 1.54) is 0 Å². The highest BCUT2D eigenvalue weighted by Gasteiger charge is 2.24. The first kappa shape index (κ1) is 13.2. The summed E-state index contributed by atoms with van der Waals surface area (Å²) >= 11 is 5.82. The van der Waals surface area contributed by atoms with E-state index < -0.39 is 0 Å². The predicted molar refractivity (Wildman–Crippen MR) is 69.0 cm³/mol. The molecular formula is C12H20ClN3. The van der Waals surface area contributed by atoms with E-state index in [0.29, 0.717) is 11.9 Å². The van der Waals surface area contributed by atoms with Gasteiger partial charge in [0.1, 0.15) is 5.82 Å². The summed E-state index contributed by atoms with van der Waals surface area (Å²) in [6.45, 7) is 8.59. The van der Waals surface area contributed by atoms with Crippen LogP contribution in [0.25, 0.3) is 0 Å². The molecule has 1 aromatic heterocycles. The normalized spacial score (nSPS) is 13.6. The minimum Gasteiger partial charge on any atom is -0.365 e. The molecule has 0 radical (unpaired) electrons. The van der Waals surface area contributed by atoms with Gasteiger partial charge in [-0.2, -0.15) is 5.10 Å². The summed E-state index contributed by atoms with van der Waals surface area (Å²) in [6.07, 6.45) is 2.67. The number of hydrogen-bond donors (Lipinski definition) is 1. The summed E-state index contributed by atoms with van der Waals surface area (Å²) in [5.74, 6) is 1.47. The maximum Gasteiger partial charge on any atom is 0.149 e. The zero-order valence-corrected chi connectivity index (χ0v) is 11.2. The Hall–Kier alpha value is -0.830. The van der Waals surface area contributed by atoms with E-state index in [2.05, 4.69) is 36.3 Å². The summed E-state index contributed by atoms with van der Waals surface area (Å²) < 4.78 is 0. The summed E-state index contributed by atoms with van der Waals surface area (Å²) in [6, 6.07) is 2.31. The van der Waals surface area contributed by atoms with Crippen LogP contribution in [0, 0.1) is 12.3 Å². The van der Waals surface area contributed by atoms with E-state index in [1.807, 2.05) is 13.0 Å². The van der Waals surface area contributed by atoms with Gasteiger partial charge in [0.15, 0.2) is 0 Å². The van der Waals surface area contributed by atoms with Gasteiger partial charge in [-0.1, -0.05) is 20.8 Å². The third kappa shape index (κ3) is 3.97. The maximum absolute atomic E-state index is 5.82. The first-order chi connectivity index (χ1) is 7.43. The van der Waals surface area contributed by atoms with Crippen LogP contribution < -0.4 is 5.32 Å². The van der Waals surface area contributed by atoms with Crippen molar-refractivity contribution >= 4 is 17.4 Å². The molecule has 1 rings (SSSR count). The average Bonchev–Trinajstić information content (AvgIpc) is 2.16. The lowest BCUT2D eigenvalue weighted by atomic mass is 9.85. The molecule has 0 aliphatic rings. The molecule has 0 aliphatic carbocycles. The number of halogens is 1. The zero-order chi connectivity index (χ0) is 12.2. The summed E-state index contributed by atoms with van der Waals surface area (Å²) in [7, 11) is 0. The Morgan fingerprint density at radius 3 is 2.62 bits per heavy atom. The van der Waals surface area contributed by atoms with E-state index in [9.17, 15) is 0 Å². The van der Waals surface area contributed by atoms with Crippen molar-refractivity contribution in [2.45, 2.75) is 40.2 Å². The SMILES string of the molecule is Cc1cnnc(NC(CCCl)C(C)(C)C)c1. The summed E-state index contributed by atoms with van der Waals surface area (Å²) in [5.41, 5.74) is 1.26. The molecule has 1 unspecified atom stereocenters. The molecule has 1 N–H and O–H groups in total. The van der Waals surface area contributed by atoms with E-state index in [0.717, 1.165) is 17.8 Å². The number of aryl methyl sites for hydroxylation is 1. The summed E-state index contributed by atoms with van der Waals surface area (Å²) in [5, 5.41) is 11.4. The Labute approximate surface area is 103 Å². The molecule has 1 heterocycles.